The molecule has 4 heteroatoms. The van der Waals surface area contributed by atoms with Gasteiger partial charge in [-0.25, -0.2) is 0 Å². The molecule has 5 rings (SSSR count). The first-order chi connectivity index (χ1) is 10.5. The van der Waals surface area contributed by atoms with Gasteiger partial charge in [0, 0.05) is 18.6 Å². The summed E-state index contributed by atoms with van der Waals surface area (Å²) in [7, 11) is 1.59. The average molecular weight is 298 g/mol. The van der Waals surface area contributed by atoms with E-state index in [1.54, 1.807) is 19.2 Å². The zero-order chi connectivity index (χ0) is 15.6. The summed E-state index contributed by atoms with van der Waals surface area (Å²) in [5.74, 6) is -1.07. The van der Waals surface area contributed by atoms with Crippen molar-refractivity contribution in [3.8, 4) is 5.75 Å². The van der Waals surface area contributed by atoms with Gasteiger partial charge >= 0.3 is 0 Å². The fourth-order valence-corrected chi connectivity index (χ4v) is 4.55. The molecule has 4 nitrogen and oxygen atoms in total. The standard InChI is InChI=1S/C18H18O4/c1-9-7-11-14(12(19)8-9)17(21)15-13(16(11)20)10-3-5-18(15,22-2)6-4-10/h3,5,7-8,10,13,15,19H,4,6H2,1-2H3. The summed E-state index contributed by atoms with van der Waals surface area (Å²) in [6.07, 6.45) is 5.58. The molecule has 0 radical (unpaired) electrons. The van der Waals surface area contributed by atoms with Crippen molar-refractivity contribution in [2.24, 2.45) is 17.8 Å². The Labute approximate surface area is 128 Å². The van der Waals surface area contributed by atoms with Crippen molar-refractivity contribution < 1.29 is 19.4 Å². The smallest absolute Gasteiger partial charge is 0.174 e. The molecule has 2 bridgehead atoms. The number of carbonyl (C=O) groups excluding carboxylic acids is 2. The van der Waals surface area contributed by atoms with E-state index in [0.717, 1.165) is 18.4 Å². The molecular formula is C18H18O4. The minimum absolute atomic E-state index is 0.0333. The van der Waals surface area contributed by atoms with E-state index in [-0.39, 0.29) is 34.7 Å². The van der Waals surface area contributed by atoms with E-state index in [9.17, 15) is 14.7 Å². The van der Waals surface area contributed by atoms with Crippen molar-refractivity contribution in [1.29, 1.82) is 0 Å². The summed E-state index contributed by atoms with van der Waals surface area (Å²) >= 11 is 0. The van der Waals surface area contributed by atoms with Gasteiger partial charge in [0.15, 0.2) is 11.6 Å². The number of rotatable bonds is 1. The number of methoxy groups -OCH3 is 1. The van der Waals surface area contributed by atoms with Crippen molar-refractivity contribution >= 4 is 11.6 Å². The highest BCUT2D eigenvalue weighted by atomic mass is 16.5. The molecule has 4 unspecified atom stereocenters. The van der Waals surface area contributed by atoms with Crippen molar-refractivity contribution in [1.82, 2.24) is 0 Å². The van der Waals surface area contributed by atoms with Crippen LogP contribution in [-0.2, 0) is 4.74 Å². The highest BCUT2D eigenvalue weighted by Crippen LogP contribution is 2.54. The van der Waals surface area contributed by atoms with E-state index in [2.05, 4.69) is 0 Å². The van der Waals surface area contributed by atoms with Gasteiger partial charge in [-0.1, -0.05) is 12.2 Å². The summed E-state index contributed by atoms with van der Waals surface area (Å²) in [4.78, 5) is 26.1. The van der Waals surface area contributed by atoms with Gasteiger partial charge in [0.05, 0.1) is 17.1 Å². The topological polar surface area (TPSA) is 63.6 Å². The lowest BCUT2D eigenvalue weighted by Crippen LogP contribution is -2.58. The first-order valence-electron chi connectivity index (χ1n) is 7.65. The second-order valence-corrected chi connectivity index (χ2v) is 6.66. The number of aryl methyl sites for hydroxylation is 1. The van der Waals surface area contributed by atoms with Crippen LogP contribution in [0.3, 0.4) is 0 Å². The molecule has 0 saturated heterocycles. The molecule has 0 amide bonds. The third kappa shape index (κ3) is 1.51. The van der Waals surface area contributed by atoms with Gasteiger partial charge in [-0.05, 0) is 43.4 Å². The third-order valence-electron chi connectivity index (χ3n) is 5.58. The van der Waals surface area contributed by atoms with Crippen molar-refractivity contribution in [3.63, 3.8) is 0 Å². The van der Waals surface area contributed by atoms with Crippen LogP contribution in [0, 0.1) is 24.7 Å². The Balaban J connectivity index is 1.97. The van der Waals surface area contributed by atoms with Crippen LogP contribution in [0.1, 0.15) is 39.1 Å². The predicted molar refractivity (Wildman–Crippen MR) is 80.1 cm³/mol. The largest absolute Gasteiger partial charge is 0.507 e. The molecule has 1 fully saturated rings. The number of allylic oxidation sites excluding steroid dienone is 1. The van der Waals surface area contributed by atoms with Crippen LogP contribution in [0.2, 0.25) is 0 Å². The first kappa shape index (κ1) is 13.7. The summed E-state index contributed by atoms with van der Waals surface area (Å²) in [6, 6.07) is 3.26. The fraction of sp³-hybridized carbons (Fsp3) is 0.444. The number of phenolic OH excluding ortho intramolecular Hbond substituents is 1. The number of benzene rings is 1. The number of fused-ring (bicyclic) bond motifs is 2. The Morgan fingerprint density at radius 3 is 2.68 bits per heavy atom. The Hall–Kier alpha value is -1.94. The molecule has 0 spiro atoms. The number of hydrogen-bond donors (Lipinski definition) is 1. The Morgan fingerprint density at radius 1 is 1.27 bits per heavy atom. The van der Waals surface area contributed by atoms with Crippen LogP contribution in [0.15, 0.2) is 24.3 Å². The Bertz CT molecular complexity index is 733. The molecule has 0 heterocycles. The van der Waals surface area contributed by atoms with Crippen LogP contribution in [0.25, 0.3) is 0 Å². The van der Waals surface area contributed by atoms with Gasteiger partial charge in [0.2, 0.25) is 0 Å². The maximum Gasteiger partial charge on any atom is 0.174 e. The molecule has 22 heavy (non-hydrogen) atoms. The summed E-state index contributed by atoms with van der Waals surface area (Å²) < 4.78 is 5.69. The highest BCUT2D eigenvalue weighted by molar-refractivity contribution is 6.18. The normalized spacial score (nSPS) is 35.5. The molecule has 1 N–H and O–H groups in total. The number of aromatic hydroxyl groups is 1. The molecule has 1 aromatic carbocycles. The number of Topliss-reactive ketones (excluding diaryl/α,β-unsaturated/α-hetero) is 2. The predicted octanol–water partition coefficient (Wildman–Crippen LogP) is 2.68. The van der Waals surface area contributed by atoms with Crippen LogP contribution >= 0.6 is 0 Å². The lowest BCUT2D eigenvalue weighted by atomic mass is 9.53. The fourth-order valence-electron chi connectivity index (χ4n) is 4.55. The summed E-state index contributed by atoms with van der Waals surface area (Å²) in [5.41, 5.74) is 0.625. The highest BCUT2D eigenvalue weighted by Gasteiger charge is 2.59. The van der Waals surface area contributed by atoms with E-state index in [4.69, 9.17) is 4.74 Å². The van der Waals surface area contributed by atoms with Crippen LogP contribution in [-0.4, -0.2) is 29.4 Å². The summed E-state index contributed by atoms with van der Waals surface area (Å²) in [6.45, 7) is 1.81. The molecule has 1 aromatic rings. The molecule has 114 valence electrons. The Morgan fingerprint density at radius 2 is 2.05 bits per heavy atom. The number of ether oxygens (including phenoxy) is 1. The zero-order valence-corrected chi connectivity index (χ0v) is 12.6. The number of carbonyl (C=O) groups is 2. The Kier molecular flexibility index (Phi) is 2.67. The van der Waals surface area contributed by atoms with Gasteiger partial charge in [-0.3, -0.25) is 9.59 Å². The van der Waals surface area contributed by atoms with Crippen LogP contribution in [0.5, 0.6) is 5.75 Å². The molecule has 0 aromatic heterocycles. The SMILES string of the molecule is COC12C=CC(CC1)C1C(=O)c3cc(C)cc(O)c3C(=O)C12. The number of hydrogen-bond acceptors (Lipinski definition) is 4. The van der Waals surface area contributed by atoms with Gasteiger partial charge < -0.3 is 9.84 Å². The van der Waals surface area contributed by atoms with Crippen molar-refractivity contribution in [3.05, 3.63) is 41.0 Å². The molecule has 4 aliphatic rings. The average Bonchev–Trinajstić information content (AvgIpc) is 2.52. The van der Waals surface area contributed by atoms with Gasteiger partial charge in [0.1, 0.15) is 5.75 Å². The lowest BCUT2D eigenvalue weighted by Gasteiger charge is -2.52. The molecule has 0 aliphatic heterocycles. The van der Waals surface area contributed by atoms with Gasteiger partial charge in [-0.2, -0.15) is 0 Å². The molecular weight excluding hydrogens is 280 g/mol. The maximum absolute atomic E-state index is 13.1. The molecule has 4 atom stereocenters. The van der Waals surface area contributed by atoms with E-state index in [1.165, 1.54) is 0 Å². The first-order valence-corrected chi connectivity index (χ1v) is 7.65. The van der Waals surface area contributed by atoms with E-state index >= 15 is 0 Å². The van der Waals surface area contributed by atoms with Gasteiger partial charge in [0.25, 0.3) is 0 Å². The van der Waals surface area contributed by atoms with E-state index in [1.807, 2.05) is 19.1 Å². The van der Waals surface area contributed by atoms with Crippen molar-refractivity contribution in [2.75, 3.05) is 7.11 Å². The van der Waals surface area contributed by atoms with E-state index in [0.29, 0.717) is 5.56 Å². The quantitative estimate of drug-likeness (QED) is 0.810. The minimum Gasteiger partial charge on any atom is -0.507 e. The molecule has 1 saturated carbocycles. The second-order valence-electron chi connectivity index (χ2n) is 6.66. The third-order valence-corrected chi connectivity index (χ3v) is 5.58. The monoisotopic (exact) mass is 298 g/mol. The van der Waals surface area contributed by atoms with Crippen LogP contribution in [0.4, 0.5) is 0 Å². The minimum atomic E-state index is -0.707. The number of ketones is 2. The summed E-state index contributed by atoms with van der Waals surface area (Å²) in [5, 5.41) is 10.2. The van der Waals surface area contributed by atoms with E-state index < -0.39 is 11.5 Å². The zero-order valence-electron chi connectivity index (χ0n) is 12.6. The lowest BCUT2D eigenvalue weighted by molar-refractivity contribution is -0.0692. The second kappa shape index (κ2) is 4.29. The number of phenols is 1. The maximum atomic E-state index is 13.1. The van der Waals surface area contributed by atoms with Crippen molar-refractivity contribution in [2.45, 2.75) is 25.4 Å². The van der Waals surface area contributed by atoms with Crippen LogP contribution < -0.4 is 0 Å². The molecule has 4 aliphatic carbocycles. The van der Waals surface area contributed by atoms with Gasteiger partial charge in [-0.15, -0.1) is 0 Å².